The van der Waals surface area contributed by atoms with Gasteiger partial charge in [-0.05, 0) is 102 Å². The summed E-state index contributed by atoms with van der Waals surface area (Å²) < 4.78 is 27.0. The highest BCUT2D eigenvalue weighted by molar-refractivity contribution is 7.89. The van der Waals surface area contributed by atoms with Crippen LogP contribution in [0.5, 0.6) is 0 Å². The normalized spacial score (nSPS) is 13.6. The molecule has 0 saturated heterocycles. The summed E-state index contributed by atoms with van der Waals surface area (Å²) in [7, 11) is -3.90. The number of nitrogens with two attached hydrogens (primary N) is 1. The van der Waals surface area contributed by atoms with Crippen LogP contribution in [0.1, 0.15) is 64.2 Å². The third-order valence-electron chi connectivity index (χ3n) is 13.4. The Balaban J connectivity index is 0.863. The van der Waals surface area contributed by atoms with Crippen LogP contribution >= 0.6 is 0 Å². The van der Waals surface area contributed by atoms with Gasteiger partial charge >= 0.3 is 0 Å². The lowest BCUT2D eigenvalue weighted by molar-refractivity contribution is 0.0639. The zero-order chi connectivity index (χ0) is 49.1. The summed E-state index contributed by atoms with van der Waals surface area (Å²) in [5.74, 6) is -0.717. The van der Waals surface area contributed by atoms with E-state index in [2.05, 4.69) is 4.98 Å². The van der Waals surface area contributed by atoms with Crippen LogP contribution in [0.25, 0.3) is 43.8 Å². The van der Waals surface area contributed by atoms with Gasteiger partial charge in [0.15, 0.2) is 0 Å². The maximum Gasteiger partial charge on any atom is 0.261 e. The Morgan fingerprint density at radius 1 is 0.479 bits per heavy atom. The van der Waals surface area contributed by atoms with Crippen molar-refractivity contribution in [1.82, 2.24) is 33.9 Å². The molecule has 0 spiro atoms. The van der Waals surface area contributed by atoms with Crippen molar-refractivity contribution in [3.05, 3.63) is 205 Å². The number of carbonyl (C=O) groups is 4. The van der Waals surface area contributed by atoms with Gasteiger partial charge in [-0.3, -0.25) is 47.7 Å². The Hall–Kier alpha value is -8.67. The standard InChI is InChI=1S/C54H42N8O8S/c55-71(69,70)36-17-13-32(14-18-36)21-25-59-48(24-28-62-51(65)40-9-3-4-10-41(40)52(62)66)58-45-20-16-33(29-43(45)54(59)68)34-15-19-37-35(31-56-46(37)30-34)22-26-60-47(57-44-12-6-5-11-42(44)53(60)67)23-27-61-49(63)38-7-1-2-8-39(38)50(61)64/h1-20,29-31,56H,21-28H2,(H2,55,69,70). The second-order valence-electron chi connectivity index (χ2n) is 17.6. The number of imide groups is 2. The van der Waals surface area contributed by atoms with Crippen LogP contribution in [0.15, 0.2) is 154 Å². The molecular weight excluding hydrogens is 921 g/mol. The number of fused-ring (bicyclic) bond motifs is 5. The number of aromatic amines is 1. The lowest BCUT2D eigenvalue weighted by Crippen LogP contribution is -2.34. The van der Waals surface area contributed by atoms with E-state index in [4.69, 9.17) is 15.1 Å². The minimum Gasteiger partial charge on any atom is -0.361 e. The molecule has 4 amide bonds. The Bertz CT molecular complexity index is 3900. The molecule has 0 radical (unpaired) electrons. The van der Waals surface area contributed by atoms with E-state index in [-0.39, 0.29) is 66.8 Å². The molecule has 352 valence electrons. The molecule has 2 aliphatic rings. The number of amides is 4. The van der Waals surface area contributed by atoms with Crippen molar-refractivity contribution in [2.24, 2.45) is 5.14 Å². The third kappa shape index (κ3) is 8.09. The average Bonchev–Trinajstić information content (AvgIpc) is 3.98. The van der Waals surface area contributed by atoms with Crippen LogP contribution in [0.4, 0.5) is 0 Å². The van der Waals surface area contributed by atoms with Crippen molar-refractivity contribution < 1.29 is 27.6 Å². The molecule has 9 aromatic rings. The summed E-state index contributed by atoms with van der Waals surface area (Å²) in [6.07, 6.45) is 3.00. The second-order valence-corrected chi connectivity index (χ2v) is 19.2. The zero-order valence-electron chi connectivity index (χ0n) is 37.9. The molecule has 6 aromatic carbocycles. The van der Waals surface area contributed by atoms with Gasteiger partial charge in [0.2, 0.25) is 10.0 Å². The number of nitrogens with zero attached hydrogens (tertiary/aromatic N) is 6. The third-order valence-corrected chi connectivity index (χ3v) is 14.4. The Labute approximate surface area is 404 Å². The molecule has 0 bridgehead atoms. The van der Waals surface area contributed by atoms with Crippen LogP contribution in [0.3, 0.4) is 0 Å². The first kappa shape index (κ1) is 44.8. The first-order valence-corrected chi connectivity index (χ1v) is 24.5. The van der Waals surface area contributed by atoms with Crippen molar-refractivity contribution in [2.75, 3.05) is 13.1 Å². The highest BCUT2D eigenvalue weighted by Crippen LogP contribution is 2.30. The molecule has 5 heterocycles. The molecule has 16 nitrogen and oxygen atoms in total. The first-order valence-electron chi connectivity index (χ1n) is 23.0. The van der Waals surface area contributed by atoms with Gasteiger partial charge in [0.25, 0.3) is 34.7 Å². The van der Waals surface area contributed by atoms with Crippen LogP contribution in [-0.2, 0) is 48.8 Å². The highest BCUT2D eigenvalue weighted by Gasteiger charge is 2.36. The fourth-order valence-electron chi connectivity index (χ4n) is 9.70. The molecule has 0 aliphatic carbocycles. The molecule has 0 saturated carbocycles. The molecular formula is C54H42N8O8S. The number of rotatable bonds is 14. The maximum absolute atomic E-state index is 14.6. The maximum atomic E-state index is 14.6. The van der Waals surface area contributed by atoms with Gasteiger partial charge < -0.3 is 4.98 Å². The predicted octanol–water partition coefficient (Wildman–Crippen LogP) is 6.06. The van der Waals surface area contributed by atoms with Crippen molar-refractivity contribution in [2.45, 2.75) is 43.7 Å². The number of para-hydroxylation sites is 1. The molecule has 3 aromatic heterocycles. The van der Waals surface area contributed by atoms with E-state index >= 15 is 0 Å². The van der Waals surface area contributed by atoms with Gasteiger partial charge in [-0.25, -0.2) is 23.5 Å². The van der Waals surface area contributed by atoms with E-state index in [9.17, 15) is 37.2 Å². The fraction of sp³-hybridized carbons (Fsp3) is 0.148. The SMILES string of the molecule is NS(=O)(=O)c1ccc(CCn2c(CCN3C(=O)c4ccccc4C3=O)nc3ccc(-c4ccc5c(CCn6c(CCN7C(=O)c8ccccc8C7=O)nc7ccccc7c6=O)c[nH]c5c4)cc3c2=O)cc1. The molecule has 0 atom stereocenters. The predicted molar refractivity (Wildman–Crippen MR) is 266 cm³/mol. The van der Waals surface area contributed by atoms with Crippen LogP contribution < -0.4 is 16.3 Å². The van der Waals surface area contributed by atoms with E-state index in [0.29, 0.717) is 68.6 Å². The molecule has 71 heavy (non-hydrogen) atoms. The van der Waals surface area contributed by atoms with Gasteiger partial charge in [-0.2, -0.15) is 0 Å². The average molecular weight is 963 g/mol. The van der Waals surface area contributed by atoms with Gasteiger partial charge in [-0.1, -0.05) is 66.7 Å². The molecule has 3 N–H and O–H groups in total. The van der Waals surface area contributed by atoms with Gasteiger partial charge in [0.05, 0.1) is 49.0 Å². The molecule has 2 aliphatic heterocycles. The van der Waals surface area contributed by atoms with Crippen molar-refractivity contribution in [3.63, 3.8) is 0 Å². The fourth-order valence-corrected chi connectivity index (χ4v) is 10.2. The molecule has 11 rings (SSSR count). The number of hydrogen-bond acceptors (Lipinski definition) is 10. The summed E-state index contributed by atoms with van der Waals surface area (Å²) in [6.45, 7) is 0.517. The Morgan fingerprint density at radius 3 is 1.55 bits per heavy atom. The Morgan fingerprint density at radius 2 is 0.972 bits per heavy atom. The summed E-state index contributed by atoms with van der Waals surface area (Å²) in [6, 6.07) is 38.0. The van der Waals surface area contributed by atoms with Crippen LogP contribution in [0, 0.1) is 0 Å². The monoisotopic (exact) mass is 962 g/mol. The first-order chi connectivity index (χ1) is 34.3. The molecule has 17 heteroatoms. The summed E-state index contributed by atoms with van der Waals surface area (Å²) in [4.78, 5) is 96.9. The smallest absolute Gasteiger partial charge is 0.261 e. The summed E-state index contributed by atoms with van der Waals surface area (Å²) in [5, 5.41) is 7.07. The lowest BCUT2D eigenvalue weighted by atomic mass is 10.0. The highest BCUT2D eigenvalue weighted by atomic mass is 32.2. The minimum atomic E-state index is -3.90. The quantitative estimate of drug-likeness (QED) is 0.120. The largest absolute Gasteiger partial charge is 0.361 e. The number of primary sulfonamides is 1. The van der Waals surface area contributed by atoms with E-state index in [0.717, 1.165) is 33.2 Å². The van der Waals surface area contributed by atoms with Crippen molar-refractivity contribution in [3.8, 4) is 11.1 Å². The molecule has 0 fully saturated rings. The lowest BCUT2D eigenvalue weighted by Gasteiger charge is -2.17. The number of aryl methyl sites for hydroxylation is 2. The topological polar surface area (TPSA) is 220 Å². The number of carbonyl (C=O) groups excluding carboxylic acids is 4. The van der Waals surface area contributed by atoms with Gasteiger partial charge in [-0.15, -0.1) is 0 Å². The second kappa shape index (κ2) is 17.7. The van der Waals surface area contributed by atoms with E-state index < -0.39 is 21.8 Å². The van der Waals surface area contributed by atoms with Crippen LogP contribution in [-0.4, -0.2) is 79.0 Å². The van der Waals surface area contributed by atoms with E-state index in [1.54, 1.807) is 100 Å². The number of sulfonamides is 1. The van der Waals surface area contributed by atoms with Gasteiger partial charge in [0, 0.05) is 56.1 Å². The minimum absolute atomic E-state index is 0.000645. The van der Waals surface area contributed by atoms with Crippen LogP contribution in [0.2, 0.25) is 0 Å². The molecule has 0 unspecified atom stereocenters. The number of H-pyrrole nitrogens is 1. The van der Waals surface area contributed by atoms with Gasteiger partial charge in [0.1, 0.15) is 11.6 Å². The summed E-state index contributed by atoms with van der Waals surface area (Å²) in [5.41, 5.74) is 5.93. The van der Waals surface area contributed by atoms with E-state index in [1.165, 1.54) is 21.9 Å². The Kier molecular flexibility index (Phi) is 11.2. The number of hydrogen-bond donors (Lipinski definition) is 2. The summed E-state index contributed by atoms with van der Waals surface area (Å²) >= 11 is 0. The van der Waals surface area contributed by atoms with Crippen molar-refractivity contribution >= 4 is 66.4 Å². The van der Waals surface area contributed by atoms with E-state index in [1.807, 2.05) is 36.5 Å². The number of nitrogens with one attached hydrogen (secondary N) is 1. The number of aromatic nitrogens is 5. The van der Waals surface area contributed by atoms with Crippen molar-refractivity contribution in [1.29, 1.82) is 0 Å². The number of benzene rings is 6. The zero-order valence-corrected chi connectivity index (χ0v) is 38.7.